The largest absolute Gasteiger partial charge is 0.328 e. The summed E-state index contributed by atoms with van der Waals surface area (Å²) < 4.78 is 3.18. The van der Waals surface area contributed by atoms with Crippen molar-refractivity contribution in [2.45, 2.75) is 34.1 Å². The van der Waals surface area contributed by atoms with Gasteiger partial charge in [0.05, 0.1) is 11.0 Å². The molecule has 0 N–H and O–H groups in total. The van der Waals surface area contributed by atoms with E-state index in [4.69, 9.17) is 0 Å². The minimum atomic E-state index is -0.0716. The Labute approximate surface area is 125 Å². The first-order chi connectivity index (χ1) is 9.62. The van der Waals surface area contributed by atoms with Crippen LogP contribution in [-0.4, -0.2) is 14.9 Å². The number of aromatic nitrogens is 2. The van der Waals surface area contributed by atoms with Crippen molar-refractivity contribution >= 4 is 16.8 Å². The van der Waals surface area contributed by atoms with E-state index < -0.39 is 0 Å². The first kappa shape index (κ1) is 15.5. The van der Waals surface area contributed by atoms with Gasteiger partial charge in [0.25, 0.3) is 0 Å². The van der Waals surface area contributed by atoms with Crippen molar-refractivity contribution in [3.63, 3.8) is 0 Å². The van der Waals surface area contributed by atoms with Gasteiger partial charge in [-0.1, -0.05) is 27.7 Å². The summed E-state index contributed by atoms with van der Waals surface area (Å²) in [6.07, 6.45) is 0.524. The predicted molar refractivity (Wildman–Crippen MR) is 85.7 cm³/mol. The molecule has 4 heteroatoms. The number of rotatable bonds is 3. The Morgan fingerprint density at radius 1 is 1.14 bits per heavy atom. The molecule has 0 amide bonds. The number of carbonyl (C=O) groups excluding carboxylic acids is 1. The molecule has 114 valence electrons. The van der Waals surface area contributed by atoms with E-state index in [9.17, 15) is 9.59 Å². The van der Waals surface area contributed by atoms with Crippen LogP contribution in [0.4, 0.5) is 0 Å². The molecule has 0 bridgehead atoms. The summed E-state index contributed by atoms with van der Waals surface area (Å²) in [6, 6.07) is 5.50. The number of benzene rings is 1. The number of imidazole rings is 1. The van der Waals surface area contributed by atoms with Crippen LogP contribution in [0.25, 0.3) is 11.0 Å². The molecule has 21 heavy (non-hydrogen) atoms. The summed E-state index contributed by atoms with van der Waals surface area (Å²) in [7, 11) is 3.48. The van der Waals surface area contributed by atoms with Crippen LogP contribution in [0.2, 0.25) is 0 Å². The molecule has 0 radical (unpaired) electrons. The lowest BCUT2D eigenvalue weighted by Crippen LogP contribution is -2.20. The SMILES string of the molecule is CC(CC(=O)c1ccc2c(c1)n(C)c(=O)n2C)C(C)(C)C. The third-order valence-electron chi connectivity index (χ3n) is 4.56. The summed E-state index contributed by atoms with van der Waals surface area (Å²) in [4.78, 5) is 24.4. The molecule has 0 aliphatic rings. The summed E-state index contributed by atoms with van der Waals surface area (Å²) in [5.74, 6) is 0.441. The first-order valence-electron chi connectivity index (χ1n) is 7.31. The summed E-state index contributed by atoms with van der Waals surface area (Å²) in [6.45, 7) is 8.55. The lowest BCUT2D eigenvalue weighted by molar-refractivity contribution is 0.0927. The molecule has 0 aliphatic carbocycles. The average molecular weight is 288 g/mol. The second kappa shape index (κ2) is 5.17. The van der Waals surface area contributed by atoms with E-state index in [2.05, 4.69) is 27.7 Å². The number of hydrogen-bond donors (Lipinski definition) is 0. The Bertz CT molecular complexity index is 744. The summed E-state index contributed by atoms with van der Waals surface area (Å²) in [5, 5.41) is 0. The number of carbonyl (C=O) groups is 1. The number of aryl methyl sites for hydroxylation is 2. The van der Waals surface area contributed by atoms with Gasteiger partial charge in [-0.2, -0.15) is 0 Å². The van der Waals surface area contributed by atoms with Gasteiger partial charge in [-0.25, -0.2) is 4.79 Å². The van der Waals surface area contributed by atoms with Gasteiger partial charge in [-0.05, 0) is 29.5 Å². The monoisotopic (exact) mass is 288 g/mol. The highest BCUT2D eigenvalue weighted by Gasteiger charge is 2.23. The number of Topliss-reactive ketones (excluding diaryl/α,β-unsaturated/α-hetero) is 1. The van der Waals surface area contributed by atoms with Gasteiger partial charge in [-0.15, -0.1) is 0 Å². The Morgan fingerprint density at radius 3 is 2.29 bits per heavy atom. The van der Waals surface area contributed by atoms with E-state index in [1.54, 1.807) is 23.2 Å². The molecular weight excluding hydrogens is 264 g/mol. The molecule has 0 aliphatic heterocycles. The molecule has 1 unspecified atom stereocenters. The van der Waals surface area contributed by atoms with Gasteiger partial charge < -0.3 is 0 Å². The summed E-state index contributed by atoms with van der Waals surface area (Å²) in [5.41, 5.74) is 2.37. The normalized spacial score (nSPS) is 13.6. The maximum atomic E-state index is 12.5. The van der Waals surface area contributed by atoms with E-state index in [-0.39, 0.29) is 16.9 Å². The van der Waals surface area contributed by atoms with E-state index in [0.717, 1.165) is 11.0 Å². The van der Waals surface area contributed by atoms with Crippen LogP contribution in [-0.2, 0) is 14.1 Å². The zero-order chi connectivity index (χ0) is 15.9. The molecule has 1 heterocycles. The maximum Gasteiger partial charge on any atom is 0.328 e. The number of hydrogen-bond acceptors (Lipinski definition) is 2. The third kappa shape index (κ3) is 2.80. The smallest absolute Gasteiger partial charge is 0.295 e. The van der Waals surface area contributed by atoms with E-state index in [0.29, 0.717) is 17.9 Å². The Balaban J connectivity index is 2.38. The van der Waals surface area contributed by atoms with Crippen molar-refractivity contribution in [3.8, 4) is 0 Å². The maximum absolute atomic E-state index is 12.5. The summed E-state index contributed by atoms with van der Waals surface area (Å²) >= 11 is 0. The second-order valence-corrected chi connectivity index (χ2v) is 7.00. The van der Waals surface area contributed by atoms with Gasteiger partial charge in [0, 0.05) is 26.1 Å². The van der Waals surface area contributed by atoms with Crippen LogP contribution >= 0.6 is 0 Å². The molecule has 1 aromatic carbocycles. The lowest BCUT2D eigenvalue weighted by atomic mass is 9.78. The molecule has 1 aromatic heterocycles. The van der Waals surface area contributed by atoms with Crippen LogP contribution < -0.4 is 5.69 Å². The fourth-order valence-electron chi connectivity index (χ4n) is 2.38. The number of nitrogens with zero attached hydrogens (tertiary/aromatic N) is 2. The molecule has 2 aromatic rings. The molecule has 2 rings (SSSR count). The van der Waals surface area contributed by atoms with Crippen LogP contribution in [0.15, 0.2) is 23.0 Å². The topological polar surface area (TPSA) is 44.0 Å². The van der Waals surface area contributed by atoms with Crippen LogP contribution in [0.3, 0.4) is 0 Å². The fourth-order valence-corrected chi connectivity index (χ4v) is 2.38. The van der Waals surface area contributed by atoms with Crippen molar-refractivity contribution in [1.82, 2.24) is 9.13 Å². The molecule has 4 nitrogen and oxygen atoms in total. The quantitative estimate of drug-likeness (QED) is 0.814. The van der Waals surface area contributed by atoms with Gasteiger partial charge in [0.15, 0.2) is 5.78 Å². The van der Waals surface area contributed by atoms with Gasteiger partial charge in [0.2, 0.25) is 0 Å². The van der Waals surface area contributed by atoms with Crippen LogP contribution in [0, 0.1) is 11.3 Å². The average Bonchev–Trinajstić information content (AvgIpc) is 2.62. The van der Waals surface area contributed by atoms with Crippen LogP contribution in [0.5, 0.6) is 0 Å². The lowest BCUT2D eigenvalue weighted by Gasteiger charge is -2.26. The first-order valence-corrected chi connectivity index (χ1v) is 7.31. The predicted octanol–water partition coefficient (Wildman–Crippen LogP) is 3.13. The van der Waals surface area contributed by atoms with Gasteiger partial charge >= 0.3 is 5.69 Å². The highest BCUT2D eigenvalue weighted by molar-refractivity contribution is 5.99. The van der Waals surface area contributed by atoms with Gasteiger partial charge in [0.1, 0.15) is 0 Å². The number of ketones is 1. The van der Waals surface area contributed by atoms with E-state index in [1.165, 1.54) is 0 Å². The Hall–Kier alpha value is -1.84. The van der Waals surface area contributed by atoms with E-state index >= 15 is 0 Å². The minimum Gasteiger partial charge on any atom is -0.295 e. The number of fused-ring (bicyclic) bond motifs is 1. The van der Waals surface area contributed by atoms with Crippen molar-refractivity contribution in [1.29, 1.82) is 0 Å². The van der Waals surface area contributed by atoms with Crippen molar-refractivity contribution < 1.29 is 4.79 Å². The minimum absolute atomic E-state index is 0.0716. The van der Waals surface area contributed by atoms with Crippen molar-refractivity contribution in [3.05, 3.63) is 34.2 Å². The highest BCUT2D eigenvalue weighted by atomic mass is 16.1. The second-order valence-electron chi connectivity index (χ2n) is 7.00. The molecule has 0 spiro atoms. The molecule has 0 saturated carbocycles. The van der Waals surface area contributed by atoms with Crippen molar-refractivity contribution in [2.24, 2.45) is 25.4 Å². The molecule has 0 fully saturated rings. The zero-order valence-electron chi connectivity index (χ0n) is 13.7. The fraction of sp³-hybridized carbons (Fsp3) is 0.529. The molecule has 1 atom stereocenters. The molecule has 0 saturated heterocycles. The Morgan fingerprint density at radius 2 is 1.71 bits per heavy atom. The van der Waals surface area contributed by atoms with E-state index in [1.807, 2.05) is 18.2 Å². The molecular formula is C17H24N2O2. The third-order valence-corrected chi connectivity index (χ3v) is 4.56. The van der Waals surface area contributed by atoms with Crippen molar-refractivity contribution in [2.75, 3.05) is 0 Å². The van der Waals surface area contributed by atoms with Gasteiger partial charge in [-0.3, -0.25) is 13.9 Å². The van der Waals surface area contributed by atoms with Crippen LogP contribution in [0.1, 0.15) is 44.5 Å². The Kier molecular flexibility index (Phi) is 3.83. The standard InChI is InChI=1S/C17H24N2O2/c1-11(17(2,3)4)9-15(20)12-7-8-13-14(10-12)19(6)16(21)18(13)5/h7-8,10-11H,9H2,1-6H3. The zero-order valence-corrected chi connectivity index (χ0v) is 13.7. The highest BCUT2D eigenvalue weighted by Crippen LogP contribution is 2.29.